The summed E-state index contributed by atoms with van der Waals surface area (Å²) in [6, 6.07) is 13.5. The smallest absolute Gasteiger partial charge is 0.255 e. The van der Waals surface area contributed by atoms with Crippen LogP contribution in [0.25, 0.3) is 0 Å². The van der Waals surface area contributed by atoms with Crippen LogP contribution in [-0.4, -0.2) is 39.3 Å². The fraction of sp³-hybridized carbons (Fsp3) is 0.316. The van der Waals surface area contributed by atoms with Crippen LogP contribution in [0.4, 0.5) is 5.69 Å². The van der Waals surface area contributed by atoms with E-state index in [1.165, 1.54) is 0 Å². The molecule has 1 aliphatic rings. The Morgan fingerprint density at radius 1 is 1.16 bits per heavy atom. The van der Waals surface area contributed by atoms with Crippen molar-refractivity contribution in [2.24, 2.45) is 0 Å². The third kappa shape index (κ3) is 3.74. The number of halogens is 1. The van der Waals surface area contributed by atoms with Gasteiger partial charge in [0.15, 0.2) is 11.5 Å². The summed E-state index contributed by atoms with van der Waals surface area (Å²) in [6.07, 6.45) is 0.902. The highest BCUT2D eigenvalue weighted by atomic mass is 79.9. The van der Waals surface area contributed by atoms with Gasteiger partial charge in [-0.25, -0.2) is 0 Å². The molecule has 2 aromatic carbocycles. The maximum absolute atomic E-state index is 12.7. The van der Waals surface area contributed by atoms with E-state index < -0.39 is 0 Å². The van der Waals surface area contributed by atoms with Crippen molar-refractivity contribution < 1.29 is 14.3 Å². The first-order valence-corrected chi connectivity index (χ1v) is 8.94. The molecule has 1 fully saturated rings. The highest BCUT2D eigenvalue weighted by Crippen LogP contribution is 2.31. The van der Waals surface area contributed by atoms with Crippen molar-refractivity contribution in [1.82, 2.24) is 5.32 Å². The van der Waals surface area contributed by atoms with Gasteiger partial charge >= 0.3 is 0 Å². The molecule has 1 heterocycles. The lowest BCUT2D eigenvalue weighted by Gasteiger charge is -2.20. The maximum atomic E-state index is 12.7. The Balaban J connectivity index is 1.70. The van der Waals surface area contributed by atoms with Gasteiger partial charge in [0.05, 0.1) is 25.5 Å². The Kier molecular flexibility index (Phi) is 5.48. The zero-order chi connectivity index (χ0) is 17.8. The number of hydrogen-bond acceptors (Lipinski definition) is 4. The van der Waals surface area contributed by atoms with Crippen LogP contribution in [-0.2, 0) is 0 Å². The molecule has 0 spiro atoms. The molecule has 0 aliphatic carbocycles. The van der Waals surface area contributed by atoms with E-state index >= 15 is 0 Å². The summed E-state index contributed by atoms with van der Waals surface area (Å²) in [5, 5.41) is 3.11. The van der Waals surface area contributed by atoms with Crippen LogP contribution in [0.1, 0.15) is 16.8 Å². The fourth-order valence-corrected chi connectivity index (χ4v) is 3.67. The predicted octanol–water partition coefficient (Wildman–Crippen LogP) is 3.48. The number of carbonyl (C=O) groups excluding carboxylic acids is 1. The average Bonchev–Trinajstić information content (AvgIpc) is 3.09. The molecule has 0 aromatic heterocycles. The van der Waals surface area contributed by atoms with Crippen molar-refractivity contribution in [3.8, 4) is 11.5 Å². The van der Waals surface area contributed by atoms with Crippen molar-refractivity contribution in [3.63, 3.8) is 0 Å². The number of amides is 1. The van der Waals surface area contributed by atoms with Crippen molar-refractivity contribution in [2.75, 3.05) is 32.2 Å². The summed E-state index contributed by atoms with van der Waals surface area (Å²) in [6.45, 7) is 1.68. The van der Waals surface area contributed by atoms with Crippen LogP contribution < -0.4 is 19.7 Å². The molecule has 25 heavy (non-hydrogen) atoms. The van der Waals surface area contributed by atoms with Crippen LogP contribution in [0.5, 0.6) is 11.5 Å². The van der Waals surface area contributed by atoms with Crippen molar-refractivity contribution in [1.29, 1.82) is 0 Å². The molecule has 0 radical (unpaired) electrons. The van der Waals surface area contributed by atoms with Gasteiger partial charge in [-0.05, 0) is 46.6 Å². The molecule has 6 heteroatoms. The number of methoxy groups -OCH3 is 2. The topological polar surface area (TPSA) is 50.8 Å². The Hall–Kier alpha value is -2.21. The third-order valence-electron chi connectivity index (χ3n) is 4.36. The van der Waals surface area contributed by atoms with E-state index in [0.29, 0.717) is 17.1 Å². The van der Waals surface area contributed by atoms with Crippen LogP contribution in [0.15, 0.2) is 46.9 Å². The highest BCUT2D eigenvalue weighted by molar-refractivity contribution is 9.10. The monoisotopic (exact) mass is 404 g/mol. The zero-order valence-corrected chi connectivity index (χ0v) is 15.9. The molecular formula is C19H21BrN2O3. The van der Waals surface area contributed by atoms with E-state index in [2.05, 4.69) is 32.2 Å². The van der Waals surface area contributed by atoms with E-state index in [4.69, 9.17) is 9.47 Å². The second kappa shape index (κ2) is 7.78. The Morgan fingerprint density at radius 3 is 2.68 bits per heavy atom. The van der Waals surface area contributed by atoms with Gasteiger partial charge in [-0.2, -0.15) is 0 Å². The SMILES string of the molecule is COc1cccc(C(=O)NC2CCN(c3ccccc3Br)C2)c1OC. The van der Waals surface area contributed by atoms with Gasteiger partial charge < -0.3 is 19.7 Å². The van der Waals surface area contributed by atoms with E-state index in [-0.39, 0.29) is 11.9 Å². The van der Waals surface area contributed by atoms with E-state index in [1.54, 1.807) is 32.4 Å². The van der Waals surface area contributed by atoms with Gasteiger partial charge in [0.1, 0.15) is 0 Å². The van der Waals surface area contributed by atoms with Crippen LogP contribution in [0, 0.1) is 0 Å². The fourth-order valence-electron chi connectivity index (χ4n) is 3.13. The molecule has 0 saturated carbocycles. The maximum Gasteiger partial charge on any atom is 0.255 e. The van der Waals surface area contributed by atoms with Gasteiger partial charge in [0.2, 0.25) is 0 Å². The first kappa shape index (κ1) is 17.6. The standard InChI is InChI=1S/C19H21BrN2O3/c1-24-17-9-5-6-14(18(17)25-2)19(23)21-13-10-11-22(12-13)16-8-4-3-7-15(16)20/h3-9,13H,10-12H2,1-2H3,(H,21,23). The summed E-state index contributed by atoms with van der Waals surface area (Å²) in [5.74, 6) is 0.870. The minimum atomic E-state index is -0.144. The molecule has 132 valence electrons. The zero-order valence-electron chi connectivity index (χ0n) is 14.3. The molecule has 1 unspecified atom stereocenters. The summed E-state index contributed by atoms with van der Waals surface area (Å²) in [5.41, 5.74) is 1.64. The number of rotatable bonds is 5. The molecule has 1 N–H and O–H groups in total. The summed E-state index contributed by atoms with van der Waals surface area (Å²) >= 11 is 3.59. The molecule has 0 bridgehead atoms. The second-order valence-corrected chi connectivity index (χ2v) is 6.75. The van der Waals surface area contributed by atoms with Gasteiger partial charge in [-0.3, -0.25) is 4.79 Å². The molecule has 5 nitrogen and oxygen atoms in total. The van der Waals surface area contributed by atoms with Crippen molar-refractivity contribution >= 4 is 27.5 Å². The Labute approximate surface area is 156 Å². The molecule has 1 saturated heterocycles. The van der Waals surface area contributed by atoms with Gasteiger partial charge in [0, 0.05) is 23.6 Å². The number of nitrogens with one attached hydrogen (secondary N) is 1. The Bertz CT molecular complexity index is 766. The summed E-state index contributed by atoms with van der Waals surface area (Å²) in [4.78, 5) is 15.0. The first-order chi connectivity index (χ1) is 12.1. The van der Waals surface area contributed by atoms with E-state index in [1.807, 2.05) is 18.2 Å². The molecule has 2 aromatic rings. The van der Waals surface area contributed by atoms with Crippen molar-refractivity contribution in [2.45, 2.75) is 12.5 Å². The number of anilines is 1. The second-order valence-electron chi connectivity index (χ2n) is 5.90. The highest BCUT2D eigenvalue weighted by Gasteiger charge is 2.26. The Morgan fingerprint density at radius 2 is 1.96 bits per heavy atom. The van der Waals surface area contributed by atoms with Gasteiger partial charge in [-0.1, -0.05) is 18.2 Å². The minimum Gasteiger partial charge on any atom is -0.493 e. The quantitative estimate of drug-likeness (QED) is 0.828. The lowest BCUT2D eigenvalue weighted by Crippen LogP contribution is -2.37. The van der Waals surface area contributed by atoms with Gasteiger partial charge in [0.25, 0.3) is 5.91 Å². The number of ether oxygens (including phenoxy) is 2. The largest absolute Gasteiger partial charge is 0.493 e. The summed E-state index contributed by atoms with van der Waals surface area (Å²) < 4.78 is 11.7. The van der Waals surface area contributed by atoms with Crippen LogP contribution in [0.3, 0.4) is 0 Å². The van der Waals surface area contributed by atoms with Crippen LogP contribution >= 0.6 is 15.9 Å². The number of nitrogens with zero attached hydrogens (tertiary/aromatic N) is 1. The number of para-hydroxylation sites is 2. The lowest BCUT2D eigenvalue weighted by atomic mass is 10.1. The van der Waals surface area contributed by atoms with Crippen molar-refractivity contribution in [3.05, 3.63) is 52.5 Å². The minimum absolute atomic E-state index is 0.0931. The molecule has 1 atom stereocenters. The number of carbonyl (C=O) groups is 1. The van der Waals surface area contributed by atoms with E-state index in [9.17, 15) is 4.79 Å². The lowest BCUT2D eigenvalue weighted by molar-refractivity contribution is 0.0936. The molecule has 3 rings (SSSR count). The molecule has 1 aliphatic heterocycles. The third-order valence-corrected chi connectivity index (χ3v) is 5.03. The predicted molar refractivity (Wildman–Crippen MR) is 102 cm³/mol. The van der Waals surface area contributed by atoms with Gasteiger partial charge in [-0.15, -0.1) is 0 Å². The molecule has 1 amide bonds. The molecular weight excluding hydrogens is 384 g/mol. The number of benzene rings is 2. The van der Waals surface area contributed by atoms with E-state index in [0.717, 1.165) is 29.7 Å². The first-order valence-electron chi connectivity index (χ1n) is 8.15. The normalized spacial score (nSPS) is 16.6. The number of hydrogen-bond donors (Lipinski definition) is 1. The average molecular weight is 405 g/mol. The van der Waals surface area contributed by atoms with Crippen LogP contribution in [0.2, 0.25) is 0 Å². The summed E-state index contributed by atoms with van der Waals surface area (Å²) in [7, 11) is 3.10.